The van der Waals surface area contributed by atoms with E-state index in [2.05, 4.69) is 10.0 Å². The molecule has 1 aromatic carbocycles. The van der Waals surface area contributed by atoms with E-state index in [1.165, 1.54) is 18.2 Å². The Labute approximate surface area is 156 Å². The molecule has 2 rings (SSSR count). The number of rotatable bonds is 9. The lowest BCUT2D eigenvalue weighted by Gasteiger charge is -2.13. The van der Waals surface area contributed by atoms with E-state index >= 15 is 0 Å². The van der Waals surface area contributed by atoms with E-state index in [0.717, 1.165) is 11.3 Å². The highest BCUT2D eigenvalue weighted by atomic mass is 32.2. The third kappa shape index (κ3) is 5.30. The van der Waals surface area contributed by atoms with Gasteiger partial charge in [-0.2, -0.15) is 0 Å². The van der Waals surface area contributed by atoms with E-state index in [1.807, 2.05) is 6.92 Å². The number of carbonyl (C=O) groups is 2. The van der Waals surface area contributed by atoms with Crippen LogP contribution in [0.4, 0.5) is 5.69 Å². The summed E-state index contributed by atoms with van der Waals surface area (Å²) in [7, 11) is -3.70. The Bertz CT molecular complexity index is 863. The van der Waals surface area contributed by atoms with Gasteiger partial charge in [0, 0.05) is 17.8 Å². The fourth-order valence-electron chi connectivity index (χ4n) is 2.33. The van der Waals surface area contributed by atoms with Crippen molar-refractivity contribution in [3.05, 3.63) is 47.3 Å². The van der Waals surface area contributed by atoms with Crippen molar-refractivity contribution in [2.75, 3.05) is 11.3 Å². The number of carbonyl (C=O) groups excluding carboxylic acids is 1. The van der Waals surface area contributed by atoms with Gasteiger partial charge >= 0.3 is 5.97 Å². The molecule has 0 fully saturated rings. The van der Waals surface area contributed by atoms with Crippen LogP contribution in [0.5, 0.6) is 0 Å². The lowest BCUT2D eigenvalue weighted by atomic mass is 10.0. The number of nitrogens with one attached hydrogen (secondary N) is 2. The van der Waals surface area contributed by atoms with Crippen LogP contribution in [0.2, 0.25) is 0 Å². The summed E-state index contributed by atoms with van der Waals surface area (Å²) in [4.78, 5) is 23.4. The number of benzene rings is 1. The lowest BCUT2D eigenvalue weighted by Crippen LogP contribution is -2.33. The molecule has 0 saturated heterocycles. The molecule has 1 unspecified atom stereocenters. The largest absolute Gasteiger partial charge is 0.481 e. The van der Waals surface area contributed by atoms with Crippen LogP contribution >= 0.6 is 11.3 Å². The molecule has 9 heteroatoms. The molecule has 0 aliphatic heterocycles. The van der Waals surface area contributed by atoms with E-state index in [4.69, 9.17) is 5.11 Å². The van der Waals surface area contributed by atoms with Crippen molar-refractivity contribution in [1.29, 1.82) is 0 Å². The van der Waals surface area contributed by atoms with E-state index in [1.54, 1.807) is 23.6 Å². The zero-order valence-corrected chi connectivity index (χ0v) is 15.8. The summed E-state index contributed by atoms with van der Waals surface area (Å²) in [5.41, 5.74) is 0.506. The molecule has 0 aliphatic rings. The fraction of sp³-hybridized carbons (Fsp3) is 0.294. The van der Waals surface area contributed by atoms with Crippen LogP contribution in [-0.4, -0.2) is 31.9 Å². The lowest BCUT2D eigenvalue weighted by molar-refractivity contribution is -0.141. The second kappa shape index (κ2) is 8.81. The topological polar surface area (TPSA) is 113 Å². The van der Waals surface area contributed by atoms with Gasteiger partial charge in [-0.05, 0) is 36.1 Å². The van der Waals surface area contributed by atoms with Crippen molar-refractivity contribution in [1.82, 2.24) is 5.32 Å². The molecule has 0 spiro atoms. The maximum atomic E-state index is 12.2. The van der Waals surface area contributed by atoms with Gasteiger partial charge in [-0.15, -0.1) is 11.3 Å². The van der Waals surface area contributed by atoms with Gasteiger partial charge in [0.15, 0.2) is 0 Å². The number of hydrogen-bond acceptors (Lipinski definition) is 5. The second-order valence-corrected chi connectivity index (χ2v) is 8.51. The summed E-state index contributed by atoms with van der Waals surface area (Å²) in [5, 5.41) is 13.4. The normalized spacial score (nSPS) is 12.3. The molecule has 0 bridgehead atoms. The molecule has 7 nitrogen and oxygen atoms in total. The third-order valence-corrected chi connectivity index (χ3v) is 6.41. The van der Waals surface area contributed by atoms with Gasteiger partial charge in [0.05, 0.1) is 5.92 Å². The highest BCUT2D eigenvalue weighted by Crippen LogP contribution is 2.20. The SMILES string of the molecule is CCCC(CNC(=O)c1cccc(NS(=O)(=O)c2cccs2)c1)C(=O)O. The Morgan fingerprint density at radius 1 is 1.23 bits per heavy atom. The molecule has 0 aliphatic carbocycles. The van der Waals surface area contributed by atoms with E-state index < -0.39 is 27.8 Å². The van der Waals surface area contributed by atoms with Gasteiger partial charge < -0.3 is 10.4 Å². The molecule has 1 atom stereocenters. The van der Waals surface area contributed by atoms with Crippen molar-refractivity contribution in [3.8, 4) is 0 Å². The summed E-state index contributed by atoms with van der Waals surface area (Å²) in [5.74, 6) is -2.06. The molecule has 1 aromatic heterocycles. The van der Waals surface area contributed by atoms with Gasteiger partial charge in [-0.25, -0.2) is 8.42 Å². The smallest absolute Gasteiger partial charge is 0.308 e. The van der Waals surface area contributed by atoms with Gasteiger partial charge in [-0.3, -0.25) is 14.3 Å². The number of aliphatic carboxylic acids is 1. The molecule has 2 aromatic rings. The first kappa shape index (κ1) is 19.9. The van der Waals surface area contributed by atoms with Crippen molar-refractivity contribution in [3.63, 3.8) is 0 Å². The van der Waals surface area contributed by atoms with Gasteiger partial charge in [0.25, 0.3) is 15.9 Å². The quantitative estimate of drug-likeness (QED) is 0.603. The Hall–Kier alpha value is -2.39. The predicted molar refractivity (Wildman–Crippen MR) is 99.9 cm³/mol. The average molecular weight is 396 g/mol. The number of carboxylic acids is 1. The Balaban J connectivity index is 2.06. The number of anilines is 1. The number of hydrogen-bond donors (Lipinski definition) is 3. The Morgan fingerprint density at radius 3 is 2.62 bits per heavy atom. The average Bonchev–Trinajstić information content (AvgIpc) is 3.13. The molecule has 0 radical (unpaired) electrons. The molecular formula is C17H20N2O5S2. The minimum atomic E-state index is -3.70. The van der Waals surface area contributed by atoms with Crippen LogP contribution in [0, 0.1) is 5.92 Å². The van der Waals surface area contributed by atoms with E-state index in [9.17, 15) is 18.0 Å². The molecule has 3 N–H and O–H groups in total. The van der Waals surface area contributed by atoms with Crippen molar-refractivity contribution >= 4 is 38.9 Å². The van der Waals surface area contributed by atoms with Gasteiger partial charge in [0.1, 0.15) is 4.21 Å². The summed E-state index contributed by atoms with van der Waals surface area (Å²) in [6.07, 6.45) is 1.17. The zero-order chi connectivity index (χ0) is 19.2. The summed E-state index contributed by atoms with van der Waals surface area (Å²) in [6, 6.07) is 9.17. The molecular weight excluding hydrogens is 376 g/mol. The molecule has 0 saturated carbocycles. The first-order valence-corrected chi connectivity index (χ1v) is 10.4. The minimum absolute atomic E-state index is 0.0210. The maximum Gasteiger partial charge on any atom is 0.308 e. The van der Waals surface area contributed by atoms with Gasteiger partial charge in [-0.1, -0.05) is 25.5 Å². The summed E-state index contributed by atoms with van der Waals surface area (Å²) < 4.78 is 27.1. The Kier molecular flexibility index (Phi) is 6.76. The predicted octanol–water partition coefficient (Wildman–Crippen LogP) is 2.78. The van der Waals surface area contributed by atoms with Crippen LogP contribution < -0.4 is 10.0 Å². The first-order chi connectivity index (χ1) is 12.3. The van der Waals surface area contributed by atoms with E-state index in [-0.39, 0.29) is 22.0 Å². The fourth-order valence-corrected chi connectivity index (χ4v) is 4.37. The van der Waals surface area contributed by atoms with Crippen LogP contribution in [0.15, 0.2) is 46.0 Å². The van der Waals surface area contributed by atoms with Crippen LogP contribution in [-0.2, 0) is 14.8 Å². The summed E-state index contributed by atoms with van der Waals surface area (Å²) >= 11 is 1.09. The van der Waals surface area contributed by atoms with E-state index in [0.29, 0.717) is 12.8 Å². The monoisotopic (exact) mass is 396 g/mol. The number of amides is 1. The third-order valence-electron chi connectivity index (χ3n) is 3.63. The van der Waals surface area contributed by atoms with Crippen molar-refractivity contribution in [2.24, 2.45) is 5.92 Å². The first-order valence-electron chi connectivity index (χ1n) is 8.01. The second-order valence-electron chi connectivity index (χ2n) is 5.65. The van der Waals surface area contributed by atoms with Crippen LogP contribution in [0.3, 0.4) is 0 Å². The number of thiophene rings is 1. The highest BCUT2D eigenvalue weighted by Gasteiger charge is 2.19. The van der Waals surface area contributed by atoms with Gasteiger partial charge in [0.2, 0.25) is 0 Å². The summed E-state index contributed by atoms with van der Waals surface area (Å²) in [6.45, 7) is 1.90. The zero-order valence-electron chi connectivity index (χ0n) is 14.1. The number of carboxylic acid groups (broad SMARTS) is 1. The number of sulfonamides is 1. The Morgan fingerprint density at radius 2 is 2.00 bits per heavy atom. The van der Waals surface area contributed by atoms with Crippen molar-refractivity contribution in [2.45, 2.75) is 24.0 Å². The molecule has 1 heterocycles. The van der Waals surface area contributed by atoms with Crippen LogP contribution in [0.25, 0.3) is 0 Å². The molecule has 1 amide bonds. The van der Waals surface area contributed by atoms with Crippen molar-refractivity contribution < 1.29 is 23.1 Å². The highest BCUT2D eigenvalue weighted by molar-refractivity contribution is 7.94. The molecule has 26 heavy (non-hydrogen) atoms. The standard InChI is InChI=1S/C17H20N2O5S2/c1-2-5-13(17(21)22)11-18-16(20)12-6-3-7-14(10-12)19-26(23,24)15-8-4-9-25-15/h3-4,6-10,13,19H,2,5,11H2,1H3,(H,18,20)(H,21,22). The maximum absolute atomic E-state index is 12.2. The minimum Gasteiger partial charge on any atom is -0.481 e. The molecule has 140 valence electrons. The van der Waals surface area contributed by atoms with Crippen LogP contribution in [0.1, 0.15) is 30.1 Å².